The van der Waals surface area contributed by atoms with E-state index in [2.05, 4.69) is 19.5 Å². The molecule has 4 rings (SSSR count). The summed E-state index contributed by atoms with van der Waals surface area (Å²) in [6, 6.07) is -0.542. The van der Waals surface area contributed by atoms with Gasteiger partial charge in [0.25, 0.3) is 0 Å². The second kappa shape index (κ2) is 4.94. The summed E-state index contributed by atoms with van der Waals surface area (Å²) in [6.07, 6.45) is 0.906. The Morgan fingerprint density at radius 2 is 2.12 bits per heavy atom. The molecule has 2 heterocycles. The van der Waals surface area contributed by atoms with Crippen molar-refractivity contribution >= 4 is 24.8 Å². The second-order valence-corrected chi connectivity index (χ2v) is 7.56. The van der Waals surface area contributed by atoms with Gasteiger partial charge in [-0.1, -0.05) is 0 Å². The topological polar surface area (TPSA) is 177 Å². The van der Waals surface area contributed by atoms with Gasteiger partial charge in [-0.15, -0.1) is 0 Å². The summed E-state index contributed by atoms with van der Waals surface area (Å²) in [5.74, 6) is -0.0127. The lowest BCUT2D eigenvalue weighted by atomic mass is 10.0. The molecule has 2 aromatic rings. The lowest BCUT2D eigenvalue weighted by molar-refractivity contribution is -0.0297. The van der Waals surface area contributed by atoms with E-state index in [9.17, 15) is 14.8 Å². The molecular weight excluding hydrogens is 341 g/mol. The van der Waals surface area contributed by atoms with Crippen LogP contribution in [-0.4, -0.2) is 58.3 Å². The lowest BCUT2D eigenvalue weighted by Crippen LogP contribution is -2.35. The standard InChI is InChI=1S/C12H16N5O6P/c13-10-6-11(15-3-14-10)17(4-16-6)7-5-1-12(5,9(19)8(7)18)2-23-24(20,21)22/h3-5,7-9,18-19H,1-2H2,(H2,13,14,15)(H2,20,21,22)/t5-,7-,8+,9+,12+/m1/s1. The minimum Gasteiger partial charge on any atom is -0.390 e. The number of hydrogen-bond donors (Lipinski definition) is 5. The maximum Gasteiger partial charge on any atom is 0.469 e. The molecule has 2 aromatic heterocycles. The first kappa shape index (κ1) is 15.9. The first-order chi connectivity index (χ1) is 11.2. The van der Waals surface area contributed by atoms with Crippen LogP contribution >= 0.6 is 7.82 Å². The number of nitrogens with two attached hydrogens (primary N) is 1. The maximum atomic E-state index is 10.9. The van der Waals surface area contributed by atoms with Crippen LogP contribution in [0, 0.1) is 11.3 Å². The Morgan fingerprint density at radius 3 is 2.83 bits per heavy atom. The van der Waals surface area contributed by atoms with E-state index in [1.54, 1.807) is 4.57 Å². The number of rotatable bonds is 4. The van der Waals surface area contributed by atoms with Crippen molar-refractivity contribution in [1.82, 2.24) is 19.5 Å². The van der Waals surface area contributed by atoms with E-state index in [-0.39, 0.29) is 18.3 Å². The van der Waals surface area contributed by atoms with Crippen LogP contribution in [-0.2, 0) is 9.09 Å². The van der Waals surface area contributed by atoms with Crippen molar-refractivity contribution in [2.45, 2.75) is 24.7 Å². The zero-order chi connectivity index (χ0) is 17.3. The average Bonchev–Trinajstić information content (AvgIpc) is 3.00. The van der Waals surface area contributed by atoms with Gasteiger partial charge in [0.15, 0.2) is 11.5 Å². The minimum atomic E-state index is -4.65. The molecule has 0 unspecified atom stereocenters. The number of hydrogen-bond acceptors (Lipinski definition) is 8. The summed E-state index contributed by atoms with van der Waals surface area (Å²) < 4.78 is 17.1. The fourth-order valence-corrected chi connectivity index (χ4v) is 4.23. The third-order valence-corrected chi connectivity index (χ3v) is 5.53. The van der Waals surface area contributed by atoms with Gasteiger partial charge < -0.3 is 30.3 Å². The Labute approximate surface area is 135 Å². The van der Waals surface area contributed by atoms with E-state index < -0.39 is 31.5 Å². The molecule has 0 saturated heterocycles. The number of nitrogens with zero attached hydrogens (tertiary/aromatic N) is 4. The highest BCUT2D eigenvalue weighted by molar-refractivity contribution is 7.46. The van der Waals surface area contributed by atoms with Gasteiger partial charge in [0.1, 0.15) is 17.9 Å². The van der Waals surface area contributed by atoms with Crippen LogP contribution in [0.25, 0.3) is 11.2 Å². The number of aliphatic hydroxyl groups excluding tert-OH is 2. The number of aliphatic hydroxyl groups is 2. The van der Waals surface area contributed by atoms with Crippen molar-refractivity contribution in [1.29, 1.82) is 0 Å². The molecular formula is C12H16N5O6P. The number of fused-ring (bicyclic) bond motifs is 2. The highest BCUT2D eigenvalue weighted by atomic mass is 31.2. The van der Waals surface area contributed by atoms with Crippen LogP contribution in [0.5, 0.6) is 0 Å². The number of imidazole rings is 1. The Kier molecular flexibility index (Phi) is 3.27. The van der Waals surface area contributed by atoms with Gasteiger partial charge in [-0.2, -0.15) is 0 Å². The largest absolute Gasteiger partial charge is 0.469 e. The van der Waals surface area contributed by atoms with E-state index in [1.807, 2.05) is 0 Å². The summed E-state index contributed by atoms with van der Waals surface area (Å²) in [5.41, 5.74) is 5.68. The summed E-state index contributed by atoms with van der Waals surface area (Å²) in [7, 11) is -4.65. The molecule has 6 N–H and O–H groups in total. The van der Waals surface area contributed by atoms with Crippen molar-refractivity contribution < 1.29 is 29.1 Å². The number of anilines is 1. The van der Waals surface area contributed by atoms with E-state index in [1.165, 1.54) is 12.7 Å². The molecule has 0 spiro atoms. The van der Waals surface area contributed by atoms with Crippen LogP contribution in [0.1, 0.15) is 12.5 Å². The summed E-state index contributed by atoms with van der Waals surface area (Å²) >= 11 is 0. The summed E-state index contributed by atoms with van der Waals surface area (Å²) in [4.78, 5) is 29.9. The van der Waals surface area contributed by atoms with Crippen molar-refractivity contribution in [3.8, 4) is 0 Å². The van der Waals surface area contributed by atoms with Gasteiger partial charge in [-0.25, -0.2) is 19.5 Å². The van der Waals surface area contributed by atoms with Crippen molar-refractivity contribution in [3.05, 3.63) is 12.7 Å². The fourth-order valence-electron chi connectivity index (χ4n) is 3.82. The molecule has 130 valence electrons. The van der Waals surface area contributed by atoms with E-state index >= 15 is 0 Å². The number of nitrogen functional groups attached to an aromatic ring is 1. The summed E-state index contributed by atoms with van der Waals surface area (Å²) in [5, 5.41) is 20.8. The molecule has 0 radical (unpaired) electrons. The molecule has 2 aliphatic rings. The molecule has 5 atom stereocenters. The molecule has 2 aliphatic carbocycles. The fraction of sp³-hybridized carbons (Fsp3) is 0.583. The first-order valence-corrected chi connectivity index (χ1v) is 8.77. The number of phosphoric acid groups is 1. The predicted octanol–water partition coefficient (Wildman–Crippen LogP) is -1.20. The molecule has 0 aliphatic heterocycles. The number of aromatic nitrogens is 4. The van der Waals surface area contributed by atoms with Gasteiger partial charge in [-0.3, -0.25) is 4.52 Å². The molecule has 24 heavy (non-hydrogen) atoms. The molecule has 2 saturated carbocycles. The Morgan fingerprint density at radius 1 is 1.38 bits per heavy atom. The van der Waals surface area contributed by atoms with Gasteiger partial charge in [0, 0.05) is 5.41 Å². The molecule has 0 aromatic carbocycles. The van der Waals surface area contributed by atoms with Gasteiger partial charge in [-0.05, 0) is 12.3 Å². The lowest BCUT2D eigenvalue weighted by Gasteiger charge is -2.24. The molecule has 0 bridgehead atoms. The maximum absolute atomic E-state index is 10.9. The molecule has 11 nitrogen and oxygen atoms in total. The van der Waals surface area contributed by atoms with Crippen molar-refractivity contribution in [3.63, 3.8) is 0 Å². The van der Waals surface area contributed by atoms with Crippen LogP contribution in [0.15, 0.2) is 12.7 Å². The quantitative estimate of drug-likeness (QED) is 0.418. The third-order valence-electron chi connectivity index (χ3n) is 5.06. The van der Waals surface area contributed by atoms with Crippen LogP contribution in [0.4, 0.5) is 5.82 Å². The average molecular weight is 357 g/mol. The number of phosphoric ester groups is 1. The van der Waals surface area contributed by atoms with Crippen LogP contribution in [0.3, 0.4) is 0 Å². The highest BCUT2D eigenvalue weighted by Gasteiger charge is 2.72. The zero-order valence-corrected chi connectivity index (χ0v) is 13.2. The SMILES string of the molecule is Nc1ncnc2c1ncn2[C@H]1[C@H](O)[C@H](O)[C@]2(COP(=O)(O)O)C[C@H]12. The summed E-state index contributed by atoms with van der Waals surface area (Å²) in [6.45, 7) is -0.333. The zero-order valence-electron chi connectivity index (χ0n) is 12.3. The van der Waals surface area contributed by atoms with Crippen LogP contribution < -0.4 is 5.73 Å². The molecule has 12 heteroatoms. The van der Waals surface area contributed by atoms with E-state index in [4.69, 9.17) is 15.5 Å². The second-order valence-electron chi connectivity index (χ2n) is 6.32. The van der Waals surface area contributed by atoms with Crippen molar-refractivity contribution in [2.24, 2.45) is 11.3 Å². The van der Waals surface area contributed by atoms with Crippen molar-refractivity contribution in [2.75, 3.05) is 12.3 Å². The Bertz CT molecular complexity index is 854. The Hall–Kier alpha value is -1.62. The van der Waals surface area contributed by atoms with Gasteiger partial charge in [0.2, 0.25) is 0 Å². The molecule has 0 amide bonds. The van der Waals surface area contributed by atoms with Gasteiger partial charge >= 0.3 is 7.82 Å². The third kappa shape index (κ3) is 2.17. The minimum absolute atomic E-state index is 0.207. The van der Waals surface area contributed by atoms with Crippen LogP contribution in [0.2, 0.25) is 0 Å². The first-order valence-electron chi connectivity index (χ1n) is 7.24. The molecule has 2 fully saturated rings. The van der Waals surface area contributed by atoms with E-state index in [0.29, 0.717) is 17.6 Å². The normalized spacial score (nSPS) is 35.3. The van der Waals surface area contributed by atoms with E-state index in [0.717, 1.165) is 0 Å². The predicted molar refractivity (Wildman–Crippen MR) is 79.3 cm³/mol. The monoisotopic (exact) mass is 357 g/mol. The smallest absolute Gasteiger partial charge is 0.390 e. The van der Waals surface area contributed by atoms with Gasteiger partial charge in [0.05, 0.1) is 25.1 Å². The highest BCUT2D eigenvalue weighted by Crippen LogP contribution is 2.68. The Balaban J connectivity index is 1.68.